The lowest BCUT2D eigenvalue weighted by molar-refractivity contribution is 0.0565. The van der Waals surface area contributed by atoms with Crippen molar-refractivity contribution in [3.63, 3.8) is 0 Å². The Hall–Kier alpha value is -2.37. The highest BCUT2D eigenvalue weighted by atomic mass is 35.5. The fourth-order valence-electron chi connectivity index (χ4n) is 4.78. The second-order valence-corrected chi connectivity index (χ2v) is 13.5. The topological polar surface area (TPSA) is 116 Å². The summed E-state index contributed by atoms with van der Waals surface area (Å²) >= 11 is 6.05. The molecule has 216 valence electrons. The van der Waals surface area contributed by atoms with Crippen molar-refractivity contribution >= 4 is 29.2 Å². The molecule has 3 N–H and O–H groups in total. The second-order valence-electron chi connectivity index (χ2n) is 9.52. The van der Waals surface area contributed by atoms with Gasteiger partial charge in [-0.2, -0.15) is 13.1 Å². The molecule has 1 aliphatic heterocycles. The quantitative estimate of drug-likeness (QED) is 0.248. The van der Waals surface area contributed by atoms with Gasteiger partial charge in [-0.15, -0.1) is 0 Å². The van der Waals surface area contributed by atoms with E-state index in [9.17, 15) is 21.8 Å². The van der Waals surface area contributed by atoms with E-state index in [1.165, 1.54) is 29.6 Å². The first-order chi connectivity index (χ1) is 18.9. The van der Waals surface area contributed by atoms with Gasteiger partial charge < -0.3 is 19.8 Å². The molecule has 13 heteroatoms. The number of piperidine rings is 1. The Morgan fingerprint density at radius 3 is 2.42 bits per heavy atom. The summed E-state index contributed by atoms with van der Waals surface area (Å²) < 4.78 is 74.6. The van der Waals surface area contributed by atoms with Crippen molar-refractivity contribution in [1.29, 1.82) is 0 Å². The Labute approximate surface area is 237 Å². The van der Waals surface area contributed by atoms with Crippen LogP contribution in [0.2, 0.25) is 5.02 Å². The Morgan fingerprint density at radius 1 is 1.07 bits per heavy atom. The van der Waals surface area contributed by atoms with Gasteiger partial charge in [0.05, 0.1) is 17.7 Å². The van der Waals surface area contributed by atoms with Crippen LogP contribution in [-0.2, 0) is 33.3 Å². The standard InChI is InChI=1S/C27H30ClF2N2O6PS/c1-38-25-11-4-5-12-26(25)40(36,37)32(18-20-8-2-3-9-21(20)24-10-6-7-15-31-24)17-19-13-14-22(23(28)16-19)27(29,30)39(33,34)35/h2-5,8-9,11-14,16,24,31H,6-7,10,15,17-18H2,1H3,(H2,33,34,35). The third kappa shape index (κ3) is 6.41. The zero-order chi connectivity index (χ0) is 29.1. The van der Waals surface area contributed by atoms with Gasteiger partial charge in [-0.3, -0.25) is 4.57 Å². The van der Waals surface area contributed by atoms with E-state index in [4.69, 9.17) is 26.1 Å². The molecule has 4 rings (SSSR count). The minimum absolute atomic E-state index is 0.0350. The molecule has 40 heavy (non-hydrogen) atoms. The third-order valence-corrected chi connectivity index (χ3v) is 9.97. The van der Waals surface area contributed by atoms with Crippen LogP contribution in [-0.4, -0.2) is 36.2 Å². The molecule has 0 bridgehead atoms. The van der Waals surface area contributed by atoms with Crippen LogP contribution < -0.4 is 10.1 Å². The number of alkyl halides is 2. The predicted molar refractivity (Wildman–Crippen MR) is 148 cm³/mol. The zero-order valence-electron chi connectivity index (χ0n) is 21.6. The van der Waals surface area contributed by atoms with Crippen LogP contribution in [0.15, 0.2) is 71.6 Å². The van der Waals surface area contributed by atoms with Crippen LogP contribution in [0.1, 0.15) is 47.6 Å². The highest BCUT2D eigenvalue weighted by Crippen LogP contribution is 2.60. The van der Waals surface area contributed by atoms with Crippen LogP contribution in [0.25, 0.3) is 0 Å². The maximum Gasteiger partial charge on any atom is 0.399 e. The number of sulfonamides is 1. The number of rotatable bonds is 10. The van der Waals surface area contributed by atoms with Crippen LogP contribution >= 0.6 is 19.2 Å². The van der Waals surface area contributed by atoms with Crippen LogP contribution in [0.3, 0.4) is 0 Å². The first-order valence-electron chi connectivity index (χ1n) is 12.5. The maximum atomic E-state index is 14.3. The lowest BCUT2D eigenvalue weighted by Gasteiger charge is -2.29. The highest BCUT2D eigenvalue weighted by molar-refractivity contribution is 7.89. The van der Waals surface area contributed by atoms with Crippen LogP contribution in [0.5, 0.6) is 5.75 Å². The fraction of sp³-hybridized carbons (Fsp3) is 0.333. The van der Waals surface area contributed by atoms with Gasteiger partial charge in [-0.25, -0.2) is 8.42 Å². The van der Waals surface area contributed by atoms with E-state index in [1.807, 2.05) is 24.3 Å². The van der Waals surface area contributed by atoms with Gasteiger partial charge in [0.2, 0.25) is 10.0 Å². The van der Waals surface area contributed by atoms with E-state index in [0.29, 0.717) is 0 Å². The molecule has 3 aromatic rings. The SMILES string of the molecule is COc1ccccc1S(=O)(=O)N(Cc1ccc(C(F)(F)P(=O)(O)O)c(Cl)c1)Cc1ccccc1C1CCCCN1. The summed E-state index contributed by atoms with van der Waals surface area (Å²) in [5.41, 5.74) is -3.55. The molecule has 1 unspecified atom stereocenters. The summed E-state index contributed by atoms with van der Waals surface area (Å²) in [7, 11) is -8.67. The van der Waals surface area contributed by atoms with Crippen molar-refractivity contribution in [2.24, 2.45) is 0 Å². The van der Waals surface area contributed by atoms with Gasteiger partial charge in [-0.05, 0) is 54.3 Å². The van der Waals surface area contributed by atoms with E-state index >= 15 is 0 Å². The smallest absolute Gasteiger partial charge is 0.399 e. The molecular weight excluding hydrogens is 585 g/mol. The summed E-state index contributed by atoms with van der Waals surface area (Å²) in [6, 6.07) is 16.9. The molecule has 1 heterocycles. The van der Waals surface area contributed by atoms with Gasteiger partial charge in [0.25, 0.3) is 0 Å². The molecule has 0 aliphatic carbocycles. The van der Waals surface area contributed by atoms with E-state index in [1.54, 1.807) is 12.1 Å². The number of benzene rings is 3. The van der Waals surface area contributed by atoms with Crippen LogP contribution in [0, 0.1) is 0 Å². The fourth-order valence-corrected chi connectivity index (χ4v) is 7.24. The molecule has 1 fully saturated rings. The van der Waals surface area contributed by atoms with E-state index in [2.05, 4.69) is 5.32 Å². The van der Waals surface area contributed by atoms with Gasteiger partial charge in [0, 0.05) is 19.1 Å². The molecule has 1 atom stereocenters. The van der Waals surface area contributed by atoms with E-state index in [0.717, 1.165) is 49.1 Å². The number of hydrogen-bond donors (Lipinski definition) is 3. The maximum absolute atomic E-state index is 14.3. The zero-order valence-corrected chi connectivity index (χ0v) is 24.1. The molecule has 0 amide bonds. The second kappa shape index (κ2) is 12.2. The van der Waals surface area contributed by atoms with Gasteiger partial charge in [-0.1, -0.05) is 66.6 Å². The molecule has 1 saturated heterocycles. The molecular formula is C27H30ClF2N2O6PS. The summed E-state index contributed by atoms with van der Waals surface area (Å²) in [4.78, 5) is 18.2. The first kappa shape index (κ1) is 30.6. The lowest BCUT2D eigenvalue weighted by atomic mass is 9.93. The molecule has 1 aliphatic rings. The molecule has 3 aromatic carbocycles. The normalized spacial score (nSPS) is 16.7. The number of ether oxygens (including phenoxy) is 1. The van der Waals surface area contributed by atoms with Crippen LogP contribution in [0.4, 0.5) is 8.78 Å². The Morgan fingerprint density at radius 2 is 1.77 bits per heavy atom. The van der Waals surface area contributed by atoms with Crippen molar-refractivity contribution in [2.45, 2.75) is 49.0 Å². The average Bonchev–Trinajstić information content (AvgIpc) is 2.92. The Kier molecular flexibility index (Phi) is 9.36. The van der Waals surface area contributed by atoms with Crippen molar-refractivity contribution in [3.8, 4) is 5.75 Å². The molecule has 0 saturated carbocycles. The van der Waals surface area contributed by atoms with Gasteiger partial charge >= 0.3 is 13.3 Å². The first-order valence-corrected chi connectivity index (χ1v) is 16.0. The molecule has 0 spiro atoms. The van der Waals surface area contributed by atoms with Crippen molar-refractivity contribution < 1.29 is 36.3 Å². The molecule has 0 radical (unpaired) electrons. The number of hydrogen-bond acceptors (Lipinski definition) is 5. The summed E-state index contributed by atoms with van der Waals surface area (Å²) in [6.45, 7) is 0.563. The predicted octanol–water partition coefficient (Wildman–Crippen LogP) is 5.78. The molecule has 0 aromatic heterocycles. The van der Waals surface area contributed by atoms with Gasteiger partial charge in [0.1, 0.15) is 10.6 Å². The summed E-state index contributed by atoms with van der Waals surface area (Å²) in [5, 5.41) is 2.90. The van der Waals surface area contributed by atoms with Crippen molar-refractivity contribution in [3.05, 3.63) is 94.0 Å². The Bertz CT molecular complexity index is 1510. The number of methoxy groups -OCH3 is 1. The average molecular weight is 615 g/mol. The molecule has 8 nitrogen and oxygen atoms in total. The number of para-hydroxylation sites is 1. The largest absolute Gasteiger partial charge is 0.495 e. The lowest BCUT2D eigenvalue weighted by Crippen LogP contribution is -2.32. The van der Waals surface area contributed by atoms with Crippen molar-refractivity contribution in [1.82, 2.24) is 9.62 Å². The van der Waals surface area contributed by atoms with E-state index in [-0.39, 0.29) is 35.3 Å². The highest BCUT2D eigenvalue weighted by Gasteiger charge is 2.51. The number of nitrogens with one attached hydrogen (secondary N) is 1. The van der Waals surface area contributed by atoms with Crippen molar-refractivity contribution in [2.75, 3.05) is 13.7 Å². The third-order valence-electron chi connectivity index (χ3n) is 6.86. The minimum Gasteiger partial charge on any atom is -0.495 e. The monoisotopic (exact) mass is 614 g/mol. The minimum atomic E-state index is -5.84. The van der Waals surface area contributed by atoms with E-state index < -0.39 is 33.9 Å². The number of halogens is 3. The Balaban J connectivity index is 1.76. The van der Waals surface area contributed by atoms with Gasteiger partial charge in [0.15, 0.2) is 0 Å². The summed E-state index contributed by atoms with van der Waals surface area (Å²) in [6.07, 6.45) is 3.01. The summed E-state index contributed by atoms with van der Waals surface area (Å²) in [5.74, 6) is 0.143. The number of nitrogens with zero attached hydrogens (tertiary/aromatic N) is 1.